The molecule has 0 saturated carbocycles. The lowest BCUT2D eigenvalue weighted by Crippen LogP contribution is -2.30. The summed E-state index contributed by atoms with van der Waals surface area (Å²) in [6, 6.07) is 0. The highest BCUT2D eigenvalue weighted by Crippen LogP contribution is 2.44. The summed E-state index contributed by atoms with van der Waals surface area (Å²) in [7, 11) is 1.35. The largest absolute Gasteiger partial charge is 0.405 e. The van der Waals surface area contributed by atoms with E-state index in [0.717, 1.165) is 16.2 Å². The van der Waals surface area contributed by atoms with Crippen LogP contribution in [0, 0.1) is 5.92 Å². The van der Waals surface area contributed by atoms with E-state index in [-0.39, 0.29) is 17.4 Å². The number of hydrogen-bond acceptors (Lipinski definition) is 5. The molecule has 0 unspecified atom stereocenters. The maximum Gasteiger partial charge on any atom is 0.405 e. The number of thioether (sulfide) groups is 1. The molecule has 0 fully saturated rings. The number of nitrogens with two attached hydrogens (primary N) is 1. The zero-order valence-electron chi connectivity index (χ0n) is 11.7. The fraction of sp³-hybridized carbons (Fsp3) is 0.583. The Bertz CT molecular complexity index is 498. The van der Waals surface area contributed by atoms with Crippen LogP contribution in [0.5, 0.6) is 0 Å². The first-order valence-corrected chi connectivity index (χ1v) is 7.91. The van der Waals surface area contributed by atoms with Crippen molar-refractivity contribution in [1.82, 2.24) is 0 Å². The lowest BCUT2D eigenvalue weighted by molar-refractivity contribution is -0.119. The van der Waals surface area contributed by atoms with Gasteiger partial charge in [0.05, 0.1) is 15.5 Å². The van der Waals surface area contributed by atoms with Gasteiger partial charge in [0, 0.05) is 13.0 Å². The van der Waals surface area contributed by atoms with E-state index in [0.29, 0.717) is 14.8 Å². The summed E-state index contributed by atoms with van der Waals surface area (Å²) in [5, 5.41) is 0.385. The van der Waals surface area contributed by atoms with Crippen molar-refractivity contribution in [2.75, 3.05) is 30.5 Å². The molecular weight excluding hydrogens is 309 g/mol. The van der Waals surface area contributed by atoms with Gasteiger partial charge in [-0.2, -0.15) is 13.2 Å². The number of rotatable bonds is 5. The Morgan fingerprint density at radius 2 is 2.00 bits per heavy atom. The Morgan fingerprint density at radius 3 is 2.40 bits per heavy atom. The standard InChI is InChI=1S/C12H17F3N2OS2/c1-6(2)8(18)9-7(16)10(19-4)11(20-9)17(3)5-12(13,14)15/h6H,5,16H2,1-4H3. The molecule has 8 heteroatoms. The van der Waals surface area contributed by atoms with Crippen molar-refractivity contribution in [3.05, 3.63) is 4.88 Å². The molecule has 0 saturated heterocycles. The number of alkyl halides is 3. The number of anilines is 2. The minimum atomic E-state index is -4.30. The fourth-order valence-corrected chi connectivity index (χ4v) is 3.91. The van der Waals surface area contributed by atoms with Crippen molar-refractivity contribution in [1.29, 1.82) is 0 Å². The average molecular weight is 326 g/mol. The predicted molar refractivity (Wildman–Crippen MR) is 79.0 cm³/mol. The maximum absolute atomic E-state index is 12.5. The lowest BCUT2D eigenvalue weighted by atomic mass is 10.1. The number of hydrogen-bond donors (Lipinski definition) is 1. The molecule has 0 aliphatic heterocycles. The van der Waals surface area contributed by atoms with Crippen LogP contribution in [-0.2, 0) is 0 Å². The van der Waals surface area contributed by atoms with Crippen molar-refractivity contribution in [3.63, 3.8) is 0 Å². The van der Waals surface area contributed by atoms with Crippen LogP contribution in [0.2, 0.25) is 0 Å². The molecule has 114 valence electrons. The molecule has 1 heterocycles. The summed E-state index contributed by atoms with van der Waals surface area (Å²) >= 11 is 2.28. The van der Waals surface area contributed by atoms with Gasteiger partial charge in [0.1, 0.15) is 11.5 Å². The summed E-state index contributed by atoms with van der Waals surface area (Å²) in [5.41, 5.74) is 6.20. The van der Waals surface area contributed by atoms with Gasteiger partial charge in [0.2, 0.25) is 0 Å². The summed E-state index contributed by atoms with van der Waals surface area (Å²) in [5.74, 6) is -0.388. The Labute approximate surface area is 124 Å². The van der Waals surface area contributed by atoms with E-state index < -0.39 is 12.7 Å². The molecule has 1 aromatic heterocycles. The van der Waals surface area contributed by atoms with Gasteiger partial charge in [-0.1, -0.05) is 13.8 Å². The molecule has 3 nitrogen and oxygen atoms in total. The van der Waals surface area contributed by atoms with Crippen LogP contribution < -0.4 is 10.6 Å². The molecule has 0 spiro atoms. The second-order valence-corrected chi connectivity index (χ2v) is 6.49. The maximum atomic E-state index is 12.5. The third kappa shape index (κ3) is 3.82. The molecule has 0 bridgehead atoms. The van der Waals surface area contributed by atoms with Gasteiger partial charge in [-0.15, -0.1) is 23.1 Å². The number of nitrogens with zero attached hydrogens (tertiary/aromatic N) is 1. The monoisotopic (exact) mass is 326 g/mol. The van der Waals surface area contributed by atoms with Gasteiger partial charge >= 0.3 is 6.18 Å². The fourth-order valence-electron chi connectivity index (χ4n) is 1.65. The lowest BCUT2D eigenvalue weighted by Gasteiger charge is -2.20. The molecule has 1 aromatic rings. The molecular formula is C12H17F3N2OS2. The van der Waals surface area contributed by atoms with Gasteiger partial charge in [-0.3, -0.25) is 4.79 Å². The second-order valence-electron chi connectivity index (χ2n) is 4.67. The van der Waals surface area contributed by atoms with Crippen molar-refractivity contribution in [3.8, 4) is 0 Å². The topological polar surface area (TPSA) is 46.3 Å². The zero-order chi connectivity index (χ0) is 15.7. The highest BCUT2D eigenvalue weighted by atomic mass is 32.2. The van der Waals surface area contributed by atoms with E-state index in [1.54, 1.807) is 20.1 Å². The summed E-state index contributed by atoms with van der Waals surface area (Å²) < 4.78 is 37.4. The molecule has 0 amide bonds. The van der Waals surface area contributed by atoms with Crippen molar-refractivity contribution in [2.24, 2.45) is 5.92 Å². The van der Waals surface area contributed by atoms with Gasteiger partial charge in [0.25, 0.3) is 0 Å². The van der Waals surface area contributed by atoms with Crippen LogP contribution in [0.25, 0.3) is 0 Å². The number of carbonyl (C=O) groups is 1. The summed E-state index contributed by atoms with van der Waals surface area (Å²) in [6.07, 6.45) is -2.57. The van der Waals surface area contributed by atoms with E-state index >= 15 is 0 Å². The second kappa shape index (κ2) is 6.26. The molecule has 20 heavy (non-hydrogen) atoms. The van der Waals surface area contributed by atoms with Crippen LogP contribution in [0.4, 0.5) is 23.9 Å². The van der Waals surface area contributed by atoms with E-state index in [4.69, 9.17) is 5.73 Å². The van der Waals surface area contributed by atoms with Crippen molar-refractivity contribution in [2.45, 2.75) is 24.9 Å². The van der Waals surface area contributed by atoms with E-state index in [1.165, 1.54) is 18.8 Å². The normalized spacial score (nSPS) is 12.0. The van der Waals surface area contributed by atoms with Gasteiger partial charge in [0.15, 0.2) is 5.78 Å². The summed E-state index contributed by atoms with van der Waals surface area (Å²) in [4.78, 5) is 14.0. The minimum Gasteiger partial charge on any atom is -0.396 e. The van der Waals surface area contributed by atoms with Crippen LogP contribution >= 0.6 is 23.1 Å². The predicted octanol–water partition coefficient (Wildman–Crippen LogP) is 3.89. The SMILES string of the molecule is CSc1c(N(C)CC(F)(F)F)sc(C(=O)C(C)C)c1N. The molecule has 0 aromatic carbocycles. The third-order valence-electron chi connectivity index (χ3n) is 2.60. The van der Waals surface area contributed by atoms with Crippen LogP contribution in [-0.4, -0.2) is 31.8 Å². The highest BCUT2D eigenvalue weighted by Gasteiger charge is 2.32. The molecule has 0 aliphatic carbocycles. The van der Waals surface area contributed by atoms with Crippen molar-refractivity contribution >= 4 is 39.6 Å². The van der Waals surface area contributed by atoms with E-state index in [2.05, 4.69) is 0 Å². The molecule has 0 aliphatic rings. The first-order valence-electron chi connectivity index (χ1n) is 5.86. The van der Waals surface area contributed by atoms with Gasteiger partial charge in [-0.25, -0.2) is 0 Å². The quantitative estimate of drug-likeness (QED) is 0.659. The Kier molecular flexibility index (Phi) is 5.37. The molecule has 0 radical (unpaired) electrons. The Morgan fingerprint density at radius 1 is 1.45 bits per heavy atom. The first-order chi connectivity index (χ1) is 9.08. The number of halogens is 3. The van der Waals surface area contributed by atoms with Crippen LogP contribution in [0.3, 0.4) is 0 Å². The molecule has 2 N–H and O–H groups in total. The van der Waals surface area contributed by atoms with Crippen LogP contribution in [0.1, 0.15) is 23.5 Å². The van der Waals surface area contributed by atoms with Gasteiger partial charge < -0.3 is 10.6 Å². The smallest absolute Gasteiger partial charge is 0.396 e. The third-order valence-corrected chi connectivity index (χ3v) is 4.88. The van der Waals surface area contributed by atoms with Gasteiger partial charge in [-0.05, 0) is 6.26 Å². The zero-order valence-corrected chi connectivity index (χ0v) is 13.3. The highest BCUT2D eigenvalue weighted by molar-refractivity contribution is 7.99. The number of thiophene rings is 1. The Hall–Kier alpha value is -0.890. The number of ketones is 1. The Balaban J connectivity index is 3.21. The van der Waals surface area contributed by atoms with Crippen molar-refractivity contribution < 1.29 is 18.0 Å². The number of nitrogen functional groups attached to an aromatic ring is 1. The van der Waals surface area contributed by atoms with Crippen LogP contribution in [0.15, 0.2) is 4.90 Å². The minimum absolute atomic E-state index is 0.144. The average Bonchev–Trinajstić information content (AvgIpc) is 2.62. The number of carbonyl (C=O) groups excluding carboxylic acids is 1. The van der Waals surface area contributed by atoms with E-state index in [1.807, 2.05) is 0 Å². The molecule has 1 rings (SSSR count). The number of Topliss-reactive ketones (excluding diaryl/α,β-unsaturated/α-hetero) is 1. The summed E-state index contributed by atoms with van der Waals surface area (Å²) in [6.45, 7) is 2.40. The molecule has 0 atom stereocenters. The first kappa shape index (κ1) is 17.2. The van der Waals surface area contributed by atoms with E-state index in [9.17, 15) is 18.0 Å².